The zero-order chi connectivity index (χ0) is 31.8. The number of nitrogens with zero attached hydrogens (tertiary/aromatic N) is 2. The van der Waals surface area contributed by atoms with Gasteiger partial charge in [0.25, 0.3) is 0 Å². The van der Waals surface area contributed by atoms with Crippen molar-refractivity contribution in [2.75, 3.05) is 24.4 Å². The van der Waals surface area contributed by atoms with E-state index in [1.165, 1.54) is 86.7 Å². The fourth-order valence-electron chi connectivity index (χ4n) is 5.79. The Morgan fingerprint density at radius 1 is 0.911 bits per heavy atom. The Labute approximate surface area is 289 Å². The third-order valence-electron chi connectivity index (χ3n) is 8.34. The lowest BCUT2D eigenvalue weighted by Gasteiger charge is -2.26. The van der Waals surface area contributed by atoms with Crippen molar-refractivity contribution in [2.45, 2.75) is 130 Å². The largest absolute Gasteiger partial charge is 0.493 e. The quantitative estimate of drug-likeness (QED) is 0.148. The third kappa shape index (κ3) is 14.0. The van der Waals surface area contributed by atoms with Crippen molar-refractivity contribution in [3.8, 4) is 5.75 Å². The summed E-state index contributed by atoms with van der Waals surface area (Å²) in [6.07, 6.45) is 18.2. The topological polar surface area (TPSA) is 44.8 Å². The minimum Gasteiger partial charge on any atom is -0.493 e. The molecule has 0 bridgehead atoms. The number of thioether (sulfide) groups is 1. The highest BCUT2D eigenvalue weighted by Gasteiger charge is 2.22. The molecule has 1 N–H and O–H groups in total. The first kappa shape index (κ1) is 39.1. The van der Waals surface area contributed by atoms with Crippen LogP contribution in [0.15, 0.2) is 53.6 Å². The van der Waals surface area contributed by atoms with Crippen LogP contribution in [0.4, 0.5) is 10.5 Å². The Kier molecular flexibility index (Phi) is 18.1. The van der Waals surface area contributed by atoms with Gasteiger partial charge in [-0.1, -0.05) is 123 Å². The summed E-state index contributed by atoms with van der Waals surface area (Å²) in [5.74, 6) is 1.91. The van der Waals surface area contributed by atoms with E-state index >= 15 is 0 Å². The van der Waals surface area contributed by atoms with Gasteiger partial charge in [0.15, 0.2) is 0 Å². The van der Waals surface area contributed by atoms with E-state index in [0.29, 0.717) is 6.54 Å². The number of rotatable bonds is 19. The number of benzene rings is 2. The lowest BCUT2D eigenvalue weighted by atomic mass is 9.85. The first-order valence-corrected chi connectivity index (χ1v) is 18.1. The highest BCUT2D eigenvalue weighted by molar-refractivity contribution is 8.93. The van der Waals surface area contributed by atoms with Gasteiger partial charge in [-0.25, -0.2) is 4.79 Å². The molecular formula is C38H60BrN3O2S. The molecule has 2 aromatic rings. The molecule has 3 rings (SSSR count). The SMILES string of the molecule is Br.CCCCCCCCCCCCCCOc1cc(CN(C(=O)NC)c2cccc(CN3C=C(C)SC3)c2)ccc1C(C)(C)C. The van der Waals surface area contributed by atoms with E-state index in [-0.39, 0.29) is 28.4 Å². The maximum Gasteiger partial charge on any atom is 0.321 e. The van der Waals surface area contributed by atoms with Crippen LogP contribution >= 0.6 is 28.7 Å². The number of carbonyl (C=O) groups is 1. The van der Waals surface area contributed by atoms with E-state index in [0.717, 1.165) is 42.4 Å². The van der Waals surface area contributed by atoms with E-state index in [9.17, 15) is 4.79 Å². The van der Waals surface area contributed by atoms with Crippen LogP contribution in [0.3, 0.4) is 0 Å². The highest BCUT2D eigenvalue weighted by Crippen LogP contribution is 2.33. The van der Waals surface area contributed by atoms with Crippen LogP contribution in [0.1, 0.15) is 128 Å². The standard InChI is InChI=1S/C38H59N3O2S.BrH/c1-7-8-9-10-11-12-13-14-15-16-17-18-24-43-36-26-33(22-23-35(36)38(3,4)5)29-41(37(42)39-6)34-21-19-20-32(25-34)28-40-27-31(2)44-30-40;/h19-23,25-27H,7-18,24,28-30H2,1-6H3,(H,39,42);1H. The van der Waals surface area contributed by atoms with Crippen molar-refractivity contribution in [3.05, 3.63) is 70.3 Å². The molecule has 0 aromatic heterocycles. The Morgan fingerprint density at radius 2 is 1.56 bits per heavy atom. The number of hydrogen-bond donors (Lipinski definition) is 1. The van der Waals surface area contributed by atoms with E-state index in [1.807, 2.05) is 28.8 Å². The van der Waals surface area contributed by atoms with Crippen LogP contribution in [0.25, 0.3) is 0 Å². The second-order valence-corrected chi connectivity index (χ2v) is 14.6. The molecule has 45 heavy (non-hydrogen) atoms. The summed E-state index contributed by atoms with van der Waals surface area (Å²) in [5.41, 5.74) is 4.33. The van der Waals surface area contributed by atoms with Crippen molar-refractivity contribution >= 4 is 40.5 Å². The summed E-state index contributed by atoms with van der Waals surface area (Å²) in [6.45, 7) is 13.2. The number of amides is 2. The molecule has 0 spiro atoms. The molecule has 252 valence electrons. The zero-order valence-corrected chi connectivity index (χ0v) is 31.5. The number of halogens is 1. The molecule has 0 saturated carbocycles. The first-order valence-electron chi connectivity index (χ1n) is 17.1. The minimum absolute atomic E-state index is 0. The molecule has 0 radical (unpaired) electrons. The molecule has 0 unspecified atom stereocenters. The minimum atomic E-state index is -0.117. The molecule has 0 aliphatic carbocycles. The molecule has 0 saturated heterocycles. The molecule has 2 amide bonds. The van der Waals surface area contributed by atoms with E-state index in [1.54, 1.807) is 7.05 Å². The number of anilines is 1. The van der Waals surface area contributed by atoms with Crippen molar-refractivity contribution in [3.63, 3.8) is 0 Å². The van der Waals surface area contributed by atoms with E-state index in [4.69, 9.17) is 4.74 Å². The number of ether oxygens (including phenoxy) is 1. The normalized spacial score (nSPS) is 12.9. The number of unbranched alkanes of at least 4 members (excludes halogenated alkanes) is 11. The maximum atomic E-state index is 13.1. The number of hydrogen-bond acceptors (Lipinski definition) is 4. The highest BCUT2D eigenvalue weighted by atomic mass is 79.9. The van der Waals surface area contributed by atoms with Crippen molar-refractivity contribution < 1.29 is 9.53 Å². The second-order valence-electron chi connectivity index (χ2n) is 13.4. The average Bonchev–Trinajstić information content (AvgIpc) is 3.41. The summed E-state index contributed by atoms with van der Waals surface area (Å²) in [4.78, 5) is 18.6. The molecule has 7 heteroatoms. The molecule has 0 fully saturated rings. The Hall–Kier alpha value is -2.12. The van der Waals surface area contributed by atoms with Gasteiger partial charge in [0.2, 0.25) is 0 Å². The maximum absolute atomic E-state index is 13.1. The van der Waals surface area contributed by atoms with Crippen LogP contribution in [-0.4, -0.2) is 30.5 Å². The number of nitrogens with one attached hydrogen (secondary N) is 1. The van der Waals surface area contributed by atoms with Crippen LogP contribution in [-0.2, 0) is 18.5 Å². The van der Waals surface area contributed by atoms with Crippen molar-refractivity contribution in [1.29, 1.82) is 0 Å². The predicted octanol–water partition coefficient (Wildman–Crippen LogP) is 11.4. The Morgan fingerprint density at radius 3 is 2.13 bits per heavy atom. The van der Waals surface area contributed by atoms with Gasteiger partial charge < -0.3 is 15.0 Å². The van der Waals surface area contributed by atoms with Gasteiger partial charge in [0.05, 0.1) is 19.0 Å². The average molecular weight is 703 g/mol. The van der Waals surface area contributed by atoms with Crippen LogP contribution < -0.4 is 15.0 Å². The first-order chi connectivity index (χ1) is 21.2. The fraction of sp³-hybridized carbons (Fsp3) is 0.605. The van der Waals surface area contributed by atoms with Crippen LogP contribution in [0.5, 0.6) is 5.75 Å². The van der Waals surface area contributed by atoms with Gasteiger partial charge in [-0.05, 0) is 58.6 Å². The summed E-state index contributed by atoms with van der Waals surface area (Å²) < 4.78 is 6.44. The summed E-state index contributed by atoms with van der Waals surface area (Å²) in [6, 6.07) is 14.7. The molecule has 1 heterocycles. The van der Waals surface area contributed by atoms with Gasteiger partial charge in [-0.15, -0.1) is 28.7 Å². The lowest BCUT2D eigenvalue weighted by molar-refractivity contribution is 0.248. The van der Waals surface area contributed by atoms with Crippen LogP contribution in [0.2, 0.25) is 0 Å². The van der Waals surface area contributed by atoms with E-state index in [2.05, 4.69) is 81.4 Å². The van der Waals surface area contributed by atoms with E-state index < -0.39 is 0 Å². The molecule has 1 aliphatic heterocycles. The Bertz CT molecular complexity index is 1180. The monoisotopic (exact) mass is 701 g/mol. The second kappa shape index (κ2) is 20.9. The molecule has 0 atom stereocenters. The predicted molar refractivity (Wildman–Crippen MR) is 201 cm³/mol. The smallest absolute Gasteiger partial charge is 0.321 e. The summed E-state index contributed by atoms with van der Waals surface area (Å²) >= 11 is 1.86. The number of carbonyl (C=O) groups excluding carboxylic acids is 1. The molecule has 1 aliphatic rings. The fourth-order valence-corrected chi connectivity index (χ4v) is 6.55. The third-order valence-corrected chi connectivity index (χ3v) is 9.36. The van der Waals surface area contributed by atoms with Gasteiger partial charge in [0, 0.05) is 25.5 Å². The van der Waals surface area contributed by atoms with Crippen LogP contribution in [0, 0.1) is 0 Å². The summed E-state index contributed by atoms with van der Waals surface area (Å²) in [5, 5.41) is 2.84. The zero-order valence-electron chi connectivity index (χ0n) is 29.0. The van der Waals surface area contributed by atoms with Crippen molar-refractivity contribution in [2.24, 2.45) is 0 Å². The molecule has 2 aromatic carbocycles. The lowest BCUT2D eigenvalue weighted by Crippen LogP contribution is -2.37. The molecular weight excluding hydrogens is 642 g/mol. The van der Waals surface area contributed by atoms with Crippen molar-refractivity contribution in [1.82, 2.24) is 10.2 Å². The number of urea groups is 1. The van der Waals surface area contributed by atoms with Gasteiger partial charge in [0.1, 0.15) is 5.75 Å². The Balaban J connectivity index is 0.00000705. The van der Waals surface area contributed by atoms with Gasteiger partial charge >= 0.3 is 6.03 Å². The van der Waals surface area contributed by atoms with Gasteiger partial charge in [-0.3, -0.25) is 4.90 Å². The summed E-state index contributed by atoms with van der Waals surface area (Å²) in [7, 11) is 1.69. The number of allylic oxidation sites excluding steroid dienone is 1. The van der Waals surface area contributed by atoms with Gasteiger partial charge in [-0.2, -0.15) is 0 Å². The molecule has 5 nitrogen and oxygen atoms in total.